The van der Waals surface area contributed by atoms with Crippen LogP contribution in [0.3, 0.4) is 0 Å². The second-order valence-corrected chi connectivity index (χ2v) is 2.22. The quantitative estimate of drug-likeness (QED) is 0.437. The molecule has 0 aromatic rings. The molecular weight excluding hydrogens is 88.1 g/mol. The fourth-order valence-electron chi connectivity index (χ4n) is 1.08. The molecule has 0 aromatic carbocycles. The van der Waals surface area contributed by atoms with Crippen molar-refractivity contribution in [2.24, 2.45) is 11.7 Å². The van der Waals surface area contributed by atoms with Gasteiger partial charge in [0, 0.05) is 12.5 Å². The third kappa shape index (κ3) is 0.290. The van der Waals surface area contributed by atoms with Crippen LogP contribution in [0.1, 0.15) is 6.42 Å². The highest BCUT2D eigenvalue weighted by atomic mass is 15.0. The first kappa shape index (κ1) is 3.36. The molecule has 0 radical (unpaired) electrons. The standard InChI is InChI=1S/C5H8N2/c6-5-4-1-3(4)2-7-5/h3,7H,1-2,6H2. The van der Waals surface area contributed by atoms with Crippen LogP contribution < -0.4 is 11.1 Å². The molecule has 3 N–H and O–H groups in total. The molecule has 1 heterocycles. The lowest BCUT2D eigenvalue weighted by Crippen LogP contribution is -2.17. The average Bonchev–Trinajstić information content (AvgIpc) is 2.33. The second-order valence-electron chi connectivity index (χ2n) is 2.22. The van der Waals surface area contributed by atoms with Gasteiger partial charge in [0.1, 0.15) is 0 Å². The Balaban J connectivity index is 2.36. The zero-order valence-electron chi connectivity index (χ0n) is 4.07. The molecule has 2 heteroatoms. The summed E-state index contributed by atoms with van der Waals surface area (Å²) in [7, 11) is 0. The first-order valence-corrected chi connectivity index (χ1v) is 2.60. The van der Waals surface area contributed by atoms with Gasteiger partial charge in [-0.25, -0.2) is 0 Å². The van der Waals surface area contributed by atoms with Crippen LogP contribution in [0.2, 0.25) is 0 Å². The second kappa shape index (κ2) is 0.782. The van der Waals surface area contributed by atoms with Crippen molar-refractivity contribution in [1.29, 1.82) is 0 Å². The van der Waals surface area contributed by atoms with Gasteiger partial charge in [0.15, 0.2) is 0 Å². The molecule has 1 unspecified atom stereocenters. The van der Waals surface area contributed by atoms with E-state index >= 15 is 0 Å². The Morgan fingerprint density at radius 3 is 2.71 bits per heavy atom. The van der Waals surface area contributed by atoms with E-state index in [1.54, 1.807) is 0 Å². The van der Waals surface area contributed by atoms with Crippen LogP contribution in [0, 0.1) is 5.92 Å². The molecule has 7 heavy (non-hydrogen) atoms. The molecule has 0 spiro atoms. The van der Waals surface area contributed by atoms with Gasteiger partial charge in [-0.05, 0) is 12.0 Å². The first-order valence-electron chi connectivity index (χ1n) is 2.60. The van der Waals surface area contributed by atoms with Gasteiger partial charge in [0.2, 0.25) is 0 Å². The summed E-state index contributed by atoms with van der Waals surface area (Å²) in [5.74, 6) is 1.78. The lowest BCUT2D eigenvalue weighted by molar-refractivity contribution is 0.764. The Morgan fingerprint density at radius 2 is 2.57 bits per heavy atom. The minimum Gasteiger partial charge on any atom is -0.386 e. The predicted octanol–water partition coefficient (Wildman–Crippen LogP) is -0.220. The van der Waals surface area contributed by atoms with Crippen molar-refractivity contribution in [3.63, 3.8) is 0 Å². The van der Waals surface area contributed by atoms with Crippen LogP contribution in [-0.2, 0) is 0 Å². The summed E-state index contributed by atoms with van der Waals surface area (Å²) >= 11 is 0. The normalized spacial score (nSPS) is 35.1. The molecule has 2 rings (SSSR count). The van der Waals surface area contributed by atoms with Gasteiger partial charge in [-0.15, -0.1) is 0 Å². The number of hydrogen-bond donors (Lipinski definition) is 2. The third-order valence-electron chi connectivity index (χ3n) is 1.68. The molecule has 1 aliphatic heterocycles. The Bertz CT molecular complexity index is 137. The van der Waals surface area contributed by atoms with E-state index in [-0.39, 0.29) is 0 Å². The van der Waals surface area contributed by atoms with E-state index in [4.69, 9.17) is 5.73 Å². The number of nitrogens with two attached hydrogens (primary N) is 1. The lowest BCUT2D eigenvalue weighted by Gasteiger charge is -1.94. The number of fused-ring (bicyclic) bond motifs is 1. The molecule has 1 fully saturated rings. The van der Waals surface area contributed by atoms with E-state index in [2.05, 4.69) is 5.32 Å². The highest BCUT2D eigenvalue weighted by Gasteiger charge is 2.36. The van der Waals surface area contributed by atoms with Gasteiger partial charge >= 0.3 is 0 Å². The van der Waals surface area contributed by atoms with E-state index in [0.29, 0.717) is 0 Å². The lowest BCUT2D eigenvalue weighted by atomic mass is 10.4. The third-order valence-corrected chi connectivity index (χ3v) is 1.68. The maximum atomic E-state index is 5.49. The van der Waals surface area contributed by atoms with Crippen LogP contribution in [0.15, 0.2) is 11.4 Å². The van der Waals surface area contributed by atoms with Gasteiger partial charge in [-0.1, -0.05) is 0 Å². The van der Waals surface area contributed by atoms with Crippen LogP contribution in [0.4, 0.5) is 0 Å². The maximum absolute atomic E-state index is 5.49. The molecule has 1 saturated carbocycles. The van der Waals surface area contributed by atoms with Crippen molar-refractivity contribution < 1.29 is 0 Å². The summed E-state index contributed by atoms with van der Waals surface area (Å²) in [5.41, 5.74) is 6.95. The van der Waals surface area contributed by atoms with E-state index in [1.165, 1.54) is 12.0 Å². The fourth-order valence-corrected chi connectivity index (χ4v) is 1.08. The molecule has 1 atom stereocenters. The topological polar surface area (TPSA) is 38.0 Å². The number of hydrogen-bond acceptors (Lipinski definition) is 2. The van der Waals surface area contributed by atoms with Crippen LogP contribution >= 0.6 is 0 Å². The van der Waals surface area contributed by atoms with Crippen molar-refractivity contribution in [3.8, 4) is 0 Å². The van der Waals surface area contributed by atoms with Gasteiger partial charge in [0.05, 0.1) is 5.82 Å². The van der Waals surface area contributed by atoms with Crippen molar-refractivity contribution in [2.45, 2.75) is 6.42 Å². The summed E-state index contributed by atoms with van der Waals surface area (Å²) in [6, 6.07) is 0. The van der Waals surface area contributed by atoms with Gasteiger partial charge in [-0.3, -0.25) is 0 Å². The van der Waals surface area contributed by atoms with Gasteiger partial charge < -0.3 is 11.1 Å². The molecule has 0 saturated heterocycles. The molecule has 1 aliphatic carbocycles. The molecule has 0 bridgehead atoms. The molecular formula is C5H8N2. The van der Waals surface area contributed by atoms with E-state index < -0.39 is 0 Å². The molecule has 2 nitrogen and oxygen atoms in total. The number of nitrogens with one attached hydrogen (secondary N) is 1. The summed E-state index contributed by atoms with van der Waals surface area (Å²) in [6.45, 7) is 1.10. The summed E-state index contributed by atoms with van der Waals surface area (Å²) in [6.07, 6.45) is 1.26. The molecule has 38 valence electrons. The van der Waals surface area contributed by atoms with E-state index in [1.807, 2.05) is 0 Å². The van der Waals surface area contributed by atoms with Crippen molar-refractivity contribution >= 4 is 0 Å². The summed E-state index contributed by atoms with van der Waals surface area (Å²) in [4.78, 5) is 0. The molecule has 0 amide bonds. The Labute approximate surface area is 42.4 Å². The first-order chi connectivity index (χ1) is 3.38. The number of rotatable bonds is 0. The zero-order chi connectivity index (χ0) is 4.85. The largest absolute Gasteiger partial charge is 0.386 e. The Hall–Kier alpha value is -0.660. The minimum absolute atomic E-state index is 0.833. The van der Waals surface area contributed by atoms with Crippen LogP contribution in [-0.4, -0.2) is 6.54 Å². The maximum Gasteiger partial charge on any atom is 0.0955 e. The average molecular weight is 96.1 g/mol. The Kier molecular flexibility index (Phi) is 0.375. The fraction of sp³-hybridized carbons (Fsp3) is 0.600. The Morgan fingerprint density at radius 1 is 1.71 bits per heavy atom. The van der Waals surface area contributed by atoms with E-state index in [9.17, 15) is 0 Å². The zero-order valence-corrected chi connectivity index (χ0v) is 4.07. The minimum atomic E-state index is 0.833. The predicted molar refractivity (Wildman–Crippen MR) is 27.3 cm³/mol. The van der Waals surface area contributed by atoms with Crippen molar-refractivity contribution in [1.82, 2.24) is 5.32 Å². The van der Waals surface area contributed by atoms with Crippen LogP contribution in [0.25, 0.3) is 0 Å². The highest BCUT2D eigenvalue weighted by Crippen LogP contribution is 2.41. The van der Waals surface area contributed by atoms with E-state index in [0.717, 1.165) is 18.3 Å². The SMILES string of the molecule is NC1=C2CC2CN1. The summed E-state index contributed by atoms with van der Waals surface area (Å²) < 4.78 is 0. The highest BCUT2D eigenvalue weighted by molar-refractivity contribution is 5.32. The molecule has 0 aromatic heterocycles. The van der Waals surface area contributed by atoms with Crippen molar-refractivity contribution in [2.75, 3.05) is 6.54 Å². The molecule has 2 aliphatic rings. The smallest absolute Gasteiger partial charge is 0.0955 e. The monoisotopic (exact) mass is 96.1 g/mol. The summed E-state index contributed by atoms with van der Waals surface area (Å²) in [5, 5.41) is 3.08. The van der Waals surface area contributed by atoms with Gasteiger partial charge in [0.25, 0.3) is 0 Å². The van der Waals surface area contributed by atoms with Gasteiger partial charge in [-0.2, -0.15) is 0 Å². The van der Waals surface area contributed by atoms with Crippen LogP contribution in [0.5, 0.6) is 0 Å². The van der Waals surface area contributed by atoms with Crippen molar-refractivity contribution in [3.05, 3.63) is 11.4 Å².